The minimum absolute atomic E-state index is 0.760. The van der Waals surface area contributed by atoms with Gasteiger partial charge in [0.2, 0.25) is 0 Å². The summed E-state index contributed by atoms with van der Waals surface area (Å²) < 4.78 is 0.760. The fourth-order valence-electron chi connectivity index (χ4n) is 1.67. The average molecular weight is 201 g/mol. The normalized spacial score (nSPS) is 10.4. The van der Waals surface area contributed by atoms with Gasteiger partial charge in [-0.25, -0.2) is 0 Å². The molecular weight excluding hydrogens is 190 g/mol. The summed E-state index contributed by atoms with van der Waals surface area (Å²) in [4.78, 5) is 3.19. The Balaban J connectivity index is 3.00. The average Bonchev–Trinajstić information content (AvgIpc) is 2.18. The molecule has 0 saturated carbocycles. The number of aromatic amines is 1. The van der Waals surface area contributed by atoms with Gasteiger partial charge >= 0.3 is 0 Å². The molecule has 0 amide bonds. The summed E-state index contributed by atoms with van der Waals surface area (Å²) in [5.74, 6) is 0. The molecule has 2 rings (SSSR count). The highest BCUT2D eigenvalue weighted by Gasteiger charge is 2.02. The zero-order valence-electron chi connectivity index (χ0n) is 8.00. The van der Waals surface area contributed by atoms with E-state index in [0.29, 0.717) is 0 Å². The van der Waals surface area contributed by atoms with Crippen LogP contribution < -0.4 is 0 Å². The van der Waals surface area contributed by atoms with Crippen molar-refractivity contribution >= 4 is 29.2 Å². The maximum atomic E-state index is 5.24. The summed E-state index contributed by atoms with van der Waals surface area (Å²) in [6.45, 7) is 5.85. The molecular formula is C12H11NS. The predicted molar refractivity (Wildman–Crippen MR) is 64.0 cm³/mol. The molecule has 1 N–H and O–H groups in total. The number of H-pyrrole nitrogens is 1. The summed E-state index contributed by atoms with van der Waals surface area (Å²) in [7, 11) is 0. The van der Waals surface area contributed by atoms with Gasteiger partial charge in [0, 0.05) is 16.5 Å². The fraction of sp³-hybridized carbons (Fsp3) is 0.0833. The molecule has 2 heteroatoms. The monoisotopic (exact) mass is 201 g/mol. The summed E-state index contributed by atoms with van der Waals surface area (Å²) in [5, 5.41) is 1.20. The number of nitrogens with one attached hydrogen (secondary N) is 1. The van der Waals surface area contributed by atoms with Gasteiger partial charge in [0.1, 0.15) is 4.64 Å². The summed E-state index contributed by atoms with van der Waals surface area (Å²) in [6.07, 6.45) is 1.81. The minimum atomic E-state index is 0.760. The molecule has 70 valence electrons. The topological polar surface area (TPSA) is 15.8 Å². The summed E-state index contributed by atoms with van der Waals surface area (Å²) in [6, 6.07) is 8.15. The van der Waals surface area contributed by atoms with Gasteiger partial charge in [-0.15, -0.1) is 0 Å². The molecule has 0 aliphatic heterocycles. The van der Waals surface area contributed by atoms with Crippen LogP contribution in [0.4, 0.5) is 0 Å². The van der Waals surface area contributed by atoms with Crippen LogP contribution in [0.5, 0.6) is 0 Å². The molecule has 0 saturated heterocycles. The lowest BCUT2D eigenvalue weighted by Crippen LogP contribution is -1.89. The van der Waals surface area contributed by atoms with Crippen molar-refractivity contribution in [1.29, 1.82) is 0 Å². The molecule has 2 aromatic rings. The number of aromatic nitrogens is 1. The van der Waals surface area contributed by atoms with E-state index < -0.39 is 0 Å². The van der Waals surface area contributed by atoms with Crippen molar-refractivity contribution < 1.29 is 0 Å². The van der Waals surface area contributed by atoms with Gasteiger partial charge in [-0.2, -0.15) is 0 Å². The molecule has 0 radical (unpaired) electrons. The number of fused-ring (bicyclic) bond motifs is 1. The van der Waals surface area contributed by atoms with E-state index in [1.807, 2.05) is 18.2 Å². The Morgan fingerprint density at radius 3 is 2.79 bits per heavy atom. The Morgan fingerprint density at radius 1 is 1.36 bits per heavy atom. The van der Waals surface area contributed by atoms with Gasteiger partial charge in [-0.05, 0) is 18.6 Å². The third-order valence-electron chi connectivity index (χ3n) is 2.43. The van der Waals surface area contributed by atoms with E-state index in [1.165, 1.54) is 10.9 Å². The van der Waals surface area contributed by atoms with Crippen molar-refractivity contribution in [2.45, 2.75) is 6.92 Å². The molecule has 1 aromatic heterocycles. The van der Waals surface area contributed by atoms with E-state index in [9.17, 15) is 0 Å². The summed E-state index contributed by atoms with van der Waals surface area (Å²) in [5.41, 5.74) is 3.30. The molecule has 0 bridgehead atoms. The Bertz CT molecular complexity index is 552. The molecule has 0 aliphatic rings. The lowest BCUT2D eigenvalue weighted by atomic mass is 10.1. The van der Waals surface area contributed by atoms with Crippen LogP contribution in [-0.2, 0) is 0 Å². The molecule has 1 aromatic carbocycles. The SMILES string of the molecule is C=Cc1c(C)c2ccccc2[nH]c1=S. The van der Waals surface area contributed by atoms with Crippen LogP contribution in [0.3, 0.4) is 0 Å². The van der Waals surface area contributed by atoms with Gasteiger partial charge in [0.15, 0.2) is 0 Å². The third kappa shape index (κ3) is 1.28. The largest absolute Gasteiger partial charge is 0.346 e. The van der Waals surface area contributed by atoms with Crippen LogP contribution >= 0.6 is 12.2 Å². The molecule has 14 heavy (non-hydrogen) atoms. The lowest BCUT2D eigenvalue weighted by molar-refractivity contribution is 1.32. The van der Waals surface area contributed by atoms with Gasteiger partial charge in [0.05, 0.1) is 0 Å². The summed E-state index contributed by atoms with van der Waals surface area (Å²) >= 11 is 5.24. The zero-order valence-corrected chi connectivity index (χ0v) is 8.82. The second-order valence-electron chi connectivity index (χ2n) is 3.24. The number of hydrogen-bond acceptors (Lipinski definition) is 1. The van der Waals surface area contributed by atoms with E-state index in [4.69, 9.17) is 12.2 Å². The van der Waals surface area contributed by atoms with Crippen LogP contribution in [-0.4, -0.2) is 4.98 Å². The van der Waals surface area contributed by atoms with Crippen LogP contribution in [0.2, 0.25) is 0 Å². The number of hydrogen-bond donors (Lipinski definition) is 1. The van der Waals surface area contributed by atoms with Crippen LogP contribution in [0.1, 0.15) is 11.1 Å². The van der Waals surface area contributed by atoms with E-state index in [0.717, 1.165) is 15.7 Å². The molecule has 0 atom stereocenters. The van der Waals surface area contributed by atoms with Crippen molar-refractivity contribution in [3.8, 4) is 0 Å². The first-order valence-electron chi connectivity index (χ1n) is 4.48. The molecule has 0 aliphatic carbocycles. The van der Waals surface area contributed by atoms with Crippen molar-refractivity contribution in [1.82, 2.24) is 4.98 Å². The smallest absolute Gasteiger partial charge is 0.111 e. The van der Waals surface area contributed by atoms with Gasteiger partial charge in [-0.1, -0.05) is 43.1 Å². The number of para-hydroxylation sites is 1. The molecule has 0 fully saturated rings. The van der Waals surface area contributed by atoms with Crippen molar-refractivity contribution in [3.05, 3.63) is 46.6 Å². The van der Waals surface area contributed by atoms with Crippen molar-refractivity contribution in [2.75, 3.05) is 0 Å². The van der Waals surface area contributed by atoms with Crippen molar-refractivity contribution in [2.24, 2.45) is 0 Å². The fourth-order valence-corrected chi connectivity index (χ4v) is 2.02. The number of benzene rings is 1. The van der Waals surface area contributed by atoms with Gasteiger partial charge in [-0.3, -0.25) is 0 Å². The third-order valence-corrected chi connectivity index (χ3v) is 2.75. The second-order valence-corrected chi connectivity index (χ2v) is 3.65. The van der Waals surface area contributed by atoms with Crippen molar-refractivity contribution in [3.63, 3.8) is 0 Å². The molecule has 0 unspecified atom stereocenters. The Kier molecular flexibility index (Phi) is 2.22. The lowest BCUT2D eigenvalue weighted by Gasteiger charge is -2.05. The number of rotatable bonds is 1. The van der Waals surface area contributed by atoms with Gasteiger partial charge in [0.25, 0.3) is 0 Å². The number of pyridine rings is 1. The standard InChI is InChI=1S/C12H11NS/c1-3-9-8(2)10-6-4-5-7-11(10)13-12(9)14/h3-7H,1H2,2H3,(H,13,14). The predicted octanol–water partition coefficient (Wildman–Crippen LogP) is 3.85. The zero-order chi connectivity index (χ0) is 10.1. The Morgan fingerprint density at radius 2 is 2.07 bits per heavy atom. The van der Waals surface area contributed by atoms with E-state index in [1.54, 1.807) is 6.08 Å². The van der Waals surface area contributed by atoms with Crippen LogP contribution in [0.15, 0.2) is 30.8 Å². The quantitative estimate of drug-likeness (QED) is 0.693. The van der Waals surface area contributed by atoms with E-state index in [-0.39, 0.29) is 0 Å². The van der Waals surface area contributed by atoms with E-state index >= 15 is 0 Å². The minimum Gasteiger partial charge on any atom is -0.346 e. The number of aryl methyl sites for hydroxylation is 1. The first-order valence-corrected chi connectivity index (χ1v) is 4.89. The van der Waals surface area contributed by atoms with Crippen LogP contribution in [0, 0.1) is 11.6 Å². The first kappa shape index (κ1) is 9.16. The Labute approximate surface area is 88.1 Å². The molecule has 1 nitrogen and oxygen atoms in total. The highest BCUT2D eigenvalue weighted by atomic mass is 32.1. The van der Waals surface area contributed by atoms with E-state index in [2.05, 4.69) is 24.6 Å². The highest BCUT2D eigenvalue weighted by molar-refractivity contribution is 7.71. The van der Waals surface area contributed by atoms with Gasteiger partial charge < -0.3 is 4.98 Å². The molecule has 1 heterocycles. The Hall–Kier alpha value is -1.41. The molecule has 0 spiro atoms. The second kappa shape index (κ2) is 3.39. The first-order chi connectivity index (χ1) is 6.74. The maximum absolute atomic E-state index is 5.24. The maximum Gasteiger partial charge on any atom is 0.111 e. The highest BCUT2D eigenvalue weighted by Crippen LogP contribution is 2.21. The van der Waals surface area contributed by atoms with Crippen LogP contribution in [0.25, 0.3) is 17.0 Å².